The molecule has 1 aromatic carbocycles. The Morgan fingerprint density at radius 2 is 1.84 bits per heavy atom. The normalized spacial score (nSPS) is 12.8. The summed E-state index contributed by atoms with van der Waals surface area (Å²) in [5.41, 5.74) is 2.80. The van der Waals surface area contributed by atoms with Crippen molar-refractivity contribution >= 4 is 11.3 Å². The van der Waals surface area contributed by atoms with Crippen LogP contribution in [0.2, 0.25) is 0 Å². The Kier molecular flexibility index (Phi) is 5.17. The van der Waals surface area contributed by atoms with Gasteiger partial charge in [-0.2, -0.15) is 0 Å². The lowest BCUT2D eigenvalue weighted by Gasteiger charge is -2.23. The van der Waals surface area contributed by atoms with Crippen LogP contribution in [-0.2, 0) is 13.0 Å². The molecule has 1 heterocycles. The minimum absolute atomic E-state index is 0.424. The third-order valence-electron chi connectivity index (χ3n) is 3.49. The van der Waals surface area contributed by atoms with E-state index in [0.717, 1.165) is 13.0 Å². The minimum atomic E-state index is 0.424. The summed E-state index contributed by atoms with van der Waals surface area (Å²) in [6, 6.07) is 13.8. The van der Waals surface area contributed by atoms with E-state index in [1.807, 2.05) is 11.3 Å². The molecule has 19 heavy (non-hydrogen) atoms. The average Bonchev–Trinajstić information content (AvgIpc) is 2.92. The van der Waals surface area contributed by atoms with Crippen molar-refractivity contribution in [3.63, 3.8) is 0 Å². The fraction of sp³-hybridized carbons (Fsp3) is 0.412. The van der Waals surface area contributed by atoms with Gasteiger partial charge in [-0.25, -0.2) is 0 Å². The van der Waals surface area contributed by atoms with Gasteiger partial charge in [-0.05, 0) is 34.9 Å². The van der Waals surface area contributed by atoms with E-state index in [4.69, 9.17) is 0 Å². The van der Waals surface area contributed by atoms with Crippen molar-refractivity contribution in [2.45, 2.75) is 39.8 Å². The molecule has 1 aromatic heterocycles. The molecule has 0 radical (unpaired) electrons. The Bertz CT molecular complexity index is 470. The van der Waals surface area contributed by atoms with Crippen LogP contribution in [-0.4, -0.2) is 0 Å². The van der Waals surface area contributed by atoms with Crippen molar-refractivity contribution in [3.8, 4) is 0 Å². The topological polar surface area (TPSA) is 12.0 Å². The molecule has 0 amide bonds. The van der Waals surface area contributed by atoms with E-state index in [9.17, 15) is 0 Å². The lowest BCUT2D eigenvalue weighted by molar-refractivity contribution is 0.412. The van der Waals surface area contributed by atoms with E-state index in [1.54, 1.807) is 0 Å². The second kappa shape index (κ2) is 6.88. The SMILES string of the molecule is CCc1ccc(C(NCc2cccs2)C(C)C)cc1. The highest BCUT2D eigenvalue weighted by atomic mass is 32.1. The number of nitrogens with one attached hydrogen (secondary N) is 1. The highest BCUT2D eigenvalue weighted by Crippen LogP contribution is 2.23. The molecule has 1 N–H and O–H groups in total. The van der Waals surface area contributed by atoms with Crippen LogP contribution in [0, 0.1) is 5.92 Å². The van der Waals surface area contributed by atoms with Gasteiger partial charge in [-0.1, -0.05) is 51.1 Å². The van der Waals surface area contributed by atoms with Crippen molar-refractivity contribution in [2.24, 2.45) is 5.92 Å². The van der Waals surface area contributed by atoms with Crippen LogP contribution in [0.3, 0.4) is 0 Å². The molecule has 0 aliphatic carbocycles. The molecular formula is C17H23NS. The van der Waals surface area contributed by atoms with Crippen molar-refractivity contribution < 1.29 is 0 Å². The molecule has 0 saturated heterocycles. The first-order valence-corrected chi connectivity index (χ1v) is 7.93. The van der Waals surface area contributed by atoms with Gasteiger partial charge in [0.2, 0.25) is 0 Å². The zero-order chi connectivity index (χ0) is 13.7. The highest BCUT2D eigenvalue weighted by molar-refractivity contribution is 7.09. The van der Waals surface area contributed by atoms with Gasteiger partial charge in [-0.15, -0.1) is 11.3 Å². The van der Waals surface area contributed by atoms with Gasteiger partial charge in [-0.3, -0.25) is 0 Å². The Morgan fingerprint density at radius 3 is 2.37 bits per heavy atom. The first kappa shape index (κ1) is 14.3. The van der Waals surface area contributed by atoms with Crippen LogP contribution in [0.4, 0.5) is 0 Å². The number of rotatable bonds is 6. The molecule has 0 aliphatic rings. The van der Waals surface area contributed by atoms with Crippen molar-refractivity contribution in [1.29, 1.82) is 0 Å². The maximum absolute atomic E-state index is 3.69. The molecule has 0 fully saturated rings. The first-order chi connectivity index (χ1) is 9.20. The number of hydrogen-bond acceptors (Lipinski definition) is 2. The number of benzene rings is 1. The van der Waals surface area contributed by atoms with Gasteiger partial charge in [0.25, 0.3) is 0 Å². The summed E-state index contributed by atoms with van der Waals surface area (Å²) in [6.07, 6.45) is 1.11. The molecule has 0 saturated carbocycles. The van der Waals surface area contributed by atoms with E-state index < -0.39 is 0 Å². The fourth-order valence-corrected chi connectivity index (χ4v) is 2.98. The summed E-state index contributed by atoms with van der Waals surface area (Å²) in [5, 5.41) is 5.82. The maximum atomic E-state index is 3.69. The van der Waals surface area contributed by atoms with Gasteiger partial charge in [0.15, 0.2) is 0 Å². The monoisotopic (exact) mass is 273 g/mol. The predicted molar refractivity (Wildman–Crippen MR) is 84.6 cm³/mol. The molecule has 102 valence electrons. The second-order valence-corrected chi connectivity index (χ2v) is 6.31. The Morgan fingerprint density at radius 1 is 1.11 bits per heavy atom. The fourth-order valence-electron chi connectivity index (χ4n) is 2.32. The number of aryl methyl sites for hydroxylation is 1. The smallest absolute Gasteiger partial charge is 0.0346 e. The van der Waals surface area contributed by atoms with Crippen LogP contribution >= 0.6 is 11.3 Å². The first-order valence-electron chi connectivity index (χ1n) is 7.05. The van der Waals surface area contributed by atoms with Crippen LogP contribution in [0.15, 0.2) is 41.8 Å². The Hall–Kier alpha value is -1.12. The highest BCUT2D eigenvalue weighted by Gasteiger charge is 2.15. The van der Waals surface area contributed by atoms with Crippen LogP contribution < -0.4 is 5.32 Å². The maximum Gasteiger partial charge on any atom is 0.0346 e. The summed E-state index contributed by atoms with van der Waals surface area (Å²) in [5.74, 6) is 0.590. The Labute approximate surface area is 120 Å². The standard InChI is InChI=1S/C17H23NS/c1-4-14-7-9-15(10-8-14)17(13(2)3)18-12-16-6-5-11-19-16/h5-11,13,17-18H,4,12H2,1-3H3. The van der Waals surface area contributed by atoms with Gasteiger partial charge in [0.05, 0.1) is 0 Å². The van der Waals surface area contributed by atoms with E-state index in [2.05, 4.69) is 67.9 Å². The second-order valence-electron chi connectivity index (χ2n) is 5.28. The summed E-state index contributed by atoms with van der Waals surface area (Å²) >= 11 is 1.82. The molecule has 1 atom stereocenters. The van der Waals surface area contributed by atoms with E-state index in [1.165, 1.54) is 16.0 Å². The van der Waals surface area contributed by atoms with Gasteiger partial charge >= 0.3 is 0 Å². The van der Waals surface area contributed by atoms with E-state index in [-0.39, 0.29) is 0 Å². The molecule has 1 unspecified atom stereocenters. The third kappa shape index (κ3) is 3.92. The quantitative estimate of drug-likeness (QED) is 0.797. The molecule has 0 spiro atoms. The van der Waals surface area contributed by atoms with E-state index >= 15 is 0 Å². The molecule has 2 aromatic rings. The predicted octanol–water partition coefficient (Wildman–Crippen LogP) is 4.80. The van der Waals surface area contributed by atoms with E-state index in [0.29, 0.717) is 12.0 Å². The number of thiophene rings is 1. The minimum Gasteiger partial charge on any atom is -0.305 e. The van der Waals surface area contributed by atoms with Crippen molar-refractivity contribution in [3.05, 3.63) is 57.8 Å². The summed E-state index contributed by atoms with van der Waals surface area (Å²) in [7, 11) is 0. The van der Waals surface area contributed by atoms with Crippen LogP contribution in [0.25, 0.3) is 0 Å². The molecule has 1 nitrogen and oxygen atoms in total. The van der Waals surface area contributed by atoms with Crippen molar-refractivity contribution in [1.82, 2.24) is 5.32 Å². The molecular weight excluding hydrogens is 250 g/mol. The van der Waals surface area contributed by atoms with Crippen LogP contribution in [0.1, 0.15) is 42.8 Å². The third-order valence-corrected chi connectivity index (χ3v) is 4.37. The summed E-state index contributed by atoms with van der Waals surface area (Å²) < 4.78 is 0. The van der Waals surface area contributed by atoms with Crippen LogP contribution in [0.5, 0.6) is 0 Å². The lowest BCUT2D eigenvalue weighted by atomic mass is 9.95. The largest absolute Gasteiger partial charge is 0.305 e. The van der Waals surface area contributed by atoms with Gasteiger partial charge in [0.1, 0.15) is 0 Å². The summed E-state index contributed by atoms with van der Waals surface area (Å²) in [4.78, 5) is 1.40. The Balaban J connectivity index is 2.06. The van der Waals surface area contributed by atoms with Gasteiger partial charge < -0.3 is 5.32 Å². The molecule has 0 aliphatic heterocycles. The van der Waals surface area contributed by atoms with Crippen molar-refractivity contribution in [2.75, 3.05) is 0 Å². The molecule has 2 heteroatoms. The summed E-state index contributed by atoms with van der Waals surface area (Å²) in [6.45, 7) is 7.71. The zero-order valence-electron chi connectivity index (χ0n) is 12.0. The number of hydrogen-bond donors (Lipinski definition) is 1. The average molecular weight is 273 g/mol. The zero-order valence-corrected chi connectivity index (χ0v) is 12.8. The molecule has 2 rings (SSSR count). The van der Waals surface area contributed by atoms with Gasteiger partial charge in [0, 0.05) is 17.5 Å². The molecule has 0 bridgehead atoms. The lowest BCUT2D eigenvalue weighted by Crippen LogP contribution is -2.25.